The zero-order chi connectivity index (χ0) is 13.8. The van der Waals surface area contributed by atoms with Gasteiger partial charge in [0.15, 0.2) is 0 Å². The minimum Gasteiger partial charge on any atom is -0.310 e. The number of benzene rings is 1. The molecule has 0 aliphatic carbocycles. The van der Waals surface area contributed by atoms with E-state index in [1.807, 2.05) is 57.3 Å². The fraction of sp³-hybridized carbons (Fsp3) is 0.286. The molecule has 0 saturated carbocycles. The quantitative estimate of drug-likeness (QED) is 0.873. The van der Waals surface area contributed by atoms with Gasteiger partial charge in [0.05, 0.1) is 10.9 Å². The van der Waals surface area contributed by atoms with E-state index in [1.165, 1.54) is 0 Å². The van der Waals surface area contributed by atoms with Crippen molar-refractivity contribution in [3.63, 3.8) is 0 Å². The number of hydrogen-bond donors (Lipinski definition) is 1. The number of nitrogens with one attached hydrogen (secondary N) is 1. The summed E-state index contributed by atoms with van der Waals surface area (Å²) in [5.74, 6) is 0.708. The molecule has 0 aliphatic heterocycles. The predicted octanol–water partition coefficient (Wildman–Crippen LogP) is 2.85. The van der Waals surface area contributed by atoms with Crippen LogP contribution in [0.2, 0.25) is 0 Å². The van der Waals surface area contributed by atoms with Crippen molar-refractivity contribution >= 4 is 23.5 Å². The molecule has 0 bridgehead atoms. The van der Waals surface area contributed by atoms with Crippen molar-refractivity contribution in [1.29, 1.82) is 0 Å². The lowest BCUT2D eigenvalue weighted by Crippen LogP contribution is -2.23. The highest BCUT2D eigenvalue weighted by Crippen LogP contribution is 2.23. The van der Waals surface area contributed by atoms with Crippen molar-refractivity contribution in [2.45, 2.75) is 24.0 Å². The molecule has 1 atom stereocenters. The Morgan fingerprint density at radius 3 is 2.63 bits per heavy atom. The number of amides is 1. The van der Waals surface area contributed by atoms with Crippen LogP contribution in [0.3, 0.4) is 0 Å². The first-order chi connectivity index (χ1) is 9.06. The van der Waals surface area contributed by atoms with Crippen molar-refractivity contribution < 1.29 is 4.79 Å². The summed E-state index contributed by atoms with van der Waals surface area (Å²) >= 11 is 1.54. The van der Waals surface area contributed by atoms with Gasteiger partial charge in [0, 0.05) is 18.0 Å². The molecule has 1 aromatic heterocycles. The maximum Gasteiger partial charge on any atom is 0.238 e. The molecule has 0 spiro atoms. The van der Waals surface area contributed by atoms with Gasteiger partial charge in [-0.15, -0.1) is 11.8 Å². The van der Waals surface area contributed by atoms with Crippen LogP contribution in [0, 0.1) is 6.92 Å². The van der Waals surface area contributed by atoms with Crippen LogP contribution in [-0.2, 0) is 11.8 Å². The van der Waals surface area contributed by atoms with E-state index in [9.17, 15) is 4.79 Å². The minimum absolute atomic E-state index is 0.0168. The smallest absolute Gasteiger partial charge is 0.238 e. The van der Waals surface area contributed by atoms with Gasteiger partial charge >= 0.3 is 0 Å². The van der Waals surface area contributed by atoms with E-state index >= 15 is 0 Å². The number of carbonyl (C=O) groups excluding carboxylic acids is 1. The third kappa shape index (κ3) is 3.61. The van der Waals surface area contributed by atoms with Gasteiger partial charge in [0.25, 0.3) is 0 Å². The summed E-state index contributed by atoms with van der Waals surface area (Å²) in [5.41, 5.74) is 0.890. The summed E-state index contributed by atoms with van der Waals surface area (Å²) < 4.78 is 1.67. The van der Waals surface area contributed by atoms with Crippen LogP contribution in [0.5, 0.6) is 0 Å². The van der Waals surface area contributed by atoms with Crippen LogP contribution in [-0.4, -0.2) is 20.9 Å². The Morgan fingerprint density at radius 2 is 2.05 bits per heavy atom. The van der Waals surface area contributed by atoms with Crippen molar-refractivity contribution in [1.82, 2.24) is 9.78 Å². The molecule has 100 valence electrons. The highest BCUT2D eigenvalue weighted by Gasteiger charge is 2.16. The standard InChI is InChI=1S/C14H17N3OS/c1-10-9-13(17(3)16-10)15-14(18)11(2)19-12-7-5-4-6-8-12/h4-9,11H,1-3H3,(H,15,18)/t11-/m1/s1. The van der Waals surface area contributed by atoms with Gasteiger partial charge in [-0.1, -0.05) is 18.2 Å². The maximum absolute atomic E-state index is 12.1. The fourth-order valence-electron chi connectivity index (χ4n) is 1.71. The van der Waals surface area contributed by atoms with Gasteiger partial charge in [0.2, 0.25) is 5.91 Å². The fourth-order valence-corrected chi connectivity index (χ4v) is 2.60. The largest absolute Gasteiger partial charge is 0.310 e. The lowest BCUT2D eigenvalue weighted by atomic mass is 10.4. The molecule has 19 heavy (non-hydrogen) atoms. The lowest BCUT2D eigenvalue weighted by molar-refractivity contribution is -0.115. The van der Waals surface area contributed by atoms with Crippen molar-refractivity contribution in [3.05, 3.63) is 42.1 Å². The third-order valence-electron chi connectivity index (χ3n) is 2.68. The van der Waals surface area contributed by atoms with Crippen LogP contribution in [0.25, 0.3) is 0 Å². The number of aromatic nitrogens is 2. The Bertz CT molecular complexity index is 565. The Morgan fingerprint density at radius 1 is 1.37 bits per heavy atom. The van der Waals surface area contributed by atoms with Crippen molar-refractivity contribution in [2.75, 3.05) is 5.32 Å². The molecule has 0 aliphatic rings. The summed E-state index contributed by atoms with van der Waals surface area (Å²) in [4.78, 5) is 13.2. The van der Waals surface area contributed by atoms with Gasteiger partial charge in [0.1, 0.15) is 5.82 Å². The van der Waals surface area contributed by atoms with Gasteiger partial charge in [-0.3, -0.25) is 9.48 Å². The Labute approximate surface area is 117 Å². The molecule has 0 fully saturated rings. The molecular formula is C14H17N3OS. The lowest BCUT2D eigenvalue weighted by Gasteiger charge is -2.11. The number of aryl methyl sites for hydroxylation is 2. The second kappa shape index (κ2) is 5.93. The molecule has 1 amide bonds. The first-order valence-electron chi connectivity index (χ1n) is 6.09. The Hall–Kier alpha value is -1.75. The molecule has 1 heterocycles. The summed E-state index contributed by atoms with van der Waals surface area (Å²) in [6.07, 6.45) is 0. The maximum atomic E-state index is 12.1. The molecular weight excluding hydrogens is 258 g/mol. The topological polar surface area (TPSA) is 46.9 Å². The number of rotatable bonds is 4. The number of nitrogens with zero attached hydrogens (tertiary/aromatic N) is 2. The van der Waals surface area contributed by atoms with Crippen LogP contribution < -0.4 is 5.32 Å². The Kier molecular flexibility index (Phi) is 4.27. The third-order valence-corrected chi connectivity index (χ3v) is 3.79. The average Bonchev–Trinajstić information content (AvgIpc) is 2.69. The summed E-state index contributed by atoms with van der Waals surface area (Å²) in [7, 11) is 1.82. The molecule has 2 aromatic rings. The molecule has 0 unspecified atom stereocenters. The monoisotopic (exact) mass is 275 g/mol. The van der Waals surface area contributed by atoms with Crippen LogP contribution in [0.1, 0.15) is 12.6 Å². The zero-order valence-electron chi connectivity index (χ0n) is 11.3. The Balaban J connectivity index is 1.98. The first-order valence-corrected chi connectivity index (χ1v) is 6.97. The summed E-state index contributed by atoms with van der Waals surface area (Å²) in [5, 5.41) is 6.94. The van der Waals surface area contributed by atoms with E-state index in [1.54, 1.807) is 16.4 Å². The SMILES string of the molecule is Cc1cc(NC(=O)[C@@H](C)Sc2ccccc2)n(C)n1. The van der Waals surface area contributed by atoms with E-state index < -0.39 is 0 Å². The number of carbonyl (C=O) groups is 1. The highest BCUT2D eigenvalue weighted by molar-refractivity contribution is 8.00. The molecule has 1 N–H and O–H groups in total. The van der Waals surface area contributed by atoms with E-state index in [-0.39, 0.29) is 11.2 Å². The predicted molar refractivity (Wildman–Crippen MR) is 78.3 cm³/mol. The summed E-state index contributed by atoms with van der Waals surface area (Å²) in [6.45, 7) is 3.80. The van der Waals surface area contributed by atoms with Crippen molar-refractivity contribution in [3.8, 4) is 0 Å². The number of anilines is 1. The van der Waals surface area contributed by atoms with Gasteiger partial charge in [-0.25, -0.2) is 0 Å². The van der Waals surface area contributed by atoms with Gasteiger partial charge in [-0.2, -0.15) is 5.10 Å². The number of hydrogen-bond acceptors (Lipinski definition) is 3. The van der Waals surface area contributed by atoms with E-state index in [2.05, 4.69) is 10.4 Å². The highest BCUT2D eigenvalue weighted by atomic mass is 32.2. The average molecular weight is 275 g/mol. The molecule has 1 aromatic carbocycles. The second-order valence-electron chi connectivity index (χ2n) is 4.36. The van der Waals surface area contributed by atoms with E-state index in [4.69, 9.17) is 0 Å². The second-order valence-corrected chi connectivity index (χ2v) is 5.77. The summed E-state index contributed by atoms with van der Waals surface area (Å²) in [6, 6.07) is 11.8. The van der Waals surface area contributed by atoms with Gasteiger partial charge in [-0.05, 0) is 26.0 Å². The van der Waals surface area contributed by atoms with Crippen LogP contribution in [0.4, 0.5) is 5.82 Å². The minimum atomic E-state index is -0.155. The van der Waals surface area contributed by atoms with E-state index in [0.717, 1.165) is 16.4 Å². The molecule has 4 nitrogen and oxygen atoms in total. The molecule has 0 radical (unpaired) electrons. The molecule has 2 rings (SSSR count). The van der Waals surface area contributed by atoms with Gasteiger partial charge < -0.3 is 5.32 Å². The van der Waals surface area contributed by atoms with Crippen molar-refractivity contribution in [2.24, 2.45) is 7.05 Å². The van der Waals surface area contributed by atoms with Crippen LogP contribution >= 0.6 is 11.8 Å². The molecule has 5 heteroatoms. The first kappa shape index (κ1) is 13.7. The van der Waals surface area contributed by atoms with Crippen LogP contribution in [0.15, 0.2) is 41.3 Å². The van der Waals surface area contributed by atoms with E-state index in [0.29, 0.717) is 0 Å². The normalized spacial score (nSPS) is 12.2. The zero-order valence-corrected chi connectivity index (χ0v) is 12.1. The number of thioether (sulfide) groups is 1. The molecule has 0 saturated heterocycles.